The van der Waals surface area contributed by atoms with Crippen LogP contribution in [0, 0.1) is 5.41 Å². The SMILES string of the molecule is CC1(C)COCC1Nc1ncc(N)s1. The Morgan fingerprint density at radius 3 is 3.00 bits per heavy atom. The predicted molar refractivity (Wildman–Crippen MR) is 58.5 cm³/mol. The van der Waals surface area contributed by atoms with E-state index in [1.54, 1.807) is 6.20 Å². The van der Waals surface area contributed by atoms with Gasteiger partial charge in [0.05, 0.1) is 25.5 Å². The van der Waals surface area contributed by atoms with Gasteiger partial charge in [-0.1, -0.05) is 25.2 Å². The van der Waals surface area contributed by atoms with Gasteiger partial charge in [0.1, 0.15) is 5.00 Å². The van der Waals surface area contributed by atoms with E-state index in [2.05, 4.69) is 24.1 Å². The van der Waals surface area contributed by atoms with Crippen molar-refractivity contribution in [3.05, 3.63) is 6.20 Å². The first-order valence-corrected chi connectivity index (χ1v) is 5.45. The monoisotopic (exact) mass is 213 g/mol. The van der Waals surface area contributed by atoms with Gasteiger partial charge in [0.25, 0.3) is 0 Å². The van der Waals surface area contributed by atoms with E-state index in [4.69, 9.17) is 10.5 Å². The van der Waals surface area contributed by atoms with E-state index in [0.29, 0.717) is 6.04 Å². The number of rotatable bonds is 2. The Bertz CT molecular complexity index is 324. The predicted octanol–water partition coefficient (Wildman–Crippen LogP) is 1.56. The van der Waals surface area contributed by atoms with Crippen molar-refractivity contribution >= 4 is 21.5 Å². The van der Waals surface area contributed by atoms with Crippen molar-refractivity contribution in [2.75, 3.05) is 24.3 Å². The summed E-state index contributed by atoms with van der Waals surface area (Å²) >= 11 is 1.48. The molecule has 4 nitrogen and oxygen atoms in total. The van der Waals surface area contributed by atoms with Gasteiger partial charge in [0.2, 0.25) is 0 Å². The standard InChI is InChI=1S/C9H15N3OS/c1-9(2)5-13-4-6(9)12-8-11-3-7(10)14-8/h3,6H,4-5,10H2,1-2H3,(H,11,12). The average Bonchev–Trinajstić information content (AvgIpc) is 2.61. The minimum atomic E-state index is 0.167. The number of ether oxygens (including phenoxy) is 1. The number of hydrogen-bond donors (Lipinski definition) is 2. The number of anilines is 2. The molecule has 0 aliphatic carbocycles. The quantitative estimate of drug-likeness (QED) is 0.782. The van der Waals surface area contributed by atoms with E-state index in [1.807, 2.05) is 0 Å². The Balaban J connectivity index is 2.04. The maximum absolute atomic E-state index is 5.61. The molecule has 3 N–H and O–H groups in total. The highest BCUT2D eigenvalue weighted by Gasteiger charge is 2.35. The molecule has 1 atom stereocenters. The lowest BCUT2D eigenvalue weighted by molar-refractivity contribution is 0.167. The van der Waals surface area contributed by atoms with Crippen molar-refractivity contribution in [3.8, 4) is 0 Å². The Morgan fingerprint density at radius 1 is 1.71 bits per heavy atom. The molecule has 2 heterocycles. The van der Waals surface area contributed by atoms with Crippen LogP contribution >= 0.6 is 11.3 Å². The van der Waals surface area contributed by atoms with E-state index >= 15 is 0 Å². The molecule has 0 spiro atoms. The molecule has 0 radical (unpaired) electrons. The summed E-state index contributed by atoms with van der Waals surface area (Å²) in [7, 11) is 0. The van der Waals surface area contributed by atoms with Gasteiger partial charge in [-0.05, 0) is 0 Å². The van der Waals surface area contributed by atoms with Crippen molar-refractivity contribution in [3.63, 3.8) is 0 Å². The summed E-state index contributed by atoms with van der Waals surface area (Å²) in [5.41, 5.74) is 5.77. The molecule has 1 aliphatic heterocycles. The number of aromatic nitrogens is 1. The van der Waals surface area contributed by atoms with Crippen LogP contribution in [-0.2, 0) is 4.74 Å². The fourth-order valence-electron chi connectivity index (χ4n) is 1.51. The zero-order chi connectivity index (χ0) is 10.2. The third kappa shape index (κ3) is 1.83. The van der Waals surface area contributed by atoms with Crippen LogP contribution in [0.25, 0.3) is 0 Å². The Labute approximate surface area is 87.5 Å². The minimum Gasteiger partial charge on any atom is -0.389 e. The van der Waals surface area contributed by atoms with E-state index in [0.717, 1.165) is 23.3 Å². The molecule has 14 heavy (non-hydrogen) atoms. The molecule has 1 fully saturated rings. The van der Waals surface area contributed by atoms with Gasteiger partial charge in [0, 0.05) is 5.41 Å². The second-order valence-corrected chi connectivity index (χ2v) is 5.33. The van der Waals surface area contributed by atoms with E-state index in [9.17, 15) is 0 Å². The number of nitrogen functional groups attached to an aromatic ring is 1. The molecule has 78 valence electrons. The molecular formula is C9H15N3OS. The molecule has 1 aromatic heterocycles. The number of thiazole rings is 1. The maximum Gasteiger partial charge on any atom is 0.184 e. The highest BCUT2D eigenvalue weighted by atomic mass is 32.1. The highest BCUT2D eigenvalue weighted by molar-refractivity contribution is 7.19. The van der Waals surface area contributed by atoms with Gasteiger partial charge in [-0.2, -0.15) is 0 Å². The first-order valence-electron chi connectivity index (χ1n) is 4.63. The maximum atomic E-state index is 5.61. The van der Waals surface area contributed by atoms with Crippen LogP contribution in [0.2, 0.25) is 0 Å². The van der Waals surface area contributed by atoms with Gasteiger partial charge < -0.3 is 15.8 Å². The van der Waals surface area contributed by atoms with Gasteiger partial charge in [0.15, 0.2) is 5.13 Å². The third-order valence-corrected chi connectivity index (χ3v) is 3.28. The van der Waals surface area contributed by atoms with Crippen LogP contribution in [0.3, 0.4) is 0 Å². The summed E-state index contributed by atoms with van der Waals surface area (Å²) in [6.45, 7) is 5.92. The zero-order valence-corrected chi connectivity index (χ0v) is 9.23. The molecule has 2 rings (SSSR count). The summed E-state index contributed by atoms with van der Waals surface area (Å²) in [4.78, 5) is 4.17. The summed E-state index contributed by atoms with van der Waals surface area (Å²) in [6.07, 6.45) is 1.68. The van der Waals surface area contributed by atoms with Gasteiger partial charge >= 0.3 is 0 Å². The van der Waals surface area contributed by atoms with Crippen LogP contribution in [0.1, 0.15) is 13.8 Å². The Hall–Kier alpha value is -0.810. The van der Waals surface area contributed by atoms with Gasteiger partial charge in [-0.3, -0.25) is 0 Å². The minimum absolute atomic E-state index is 0.167. The fraction of sp³-hybridized carbons (Fsp3) is 0.667. The molecule has 5 heteroatoms. The molecular weight excluding hydrogens is 198 g/mol. The summed E-state index contributed by atoms with van der Waals surface area (Å²) in [5, 5.41) is 4.97. The van der Waals surface area contributed by atoms with E-state index in [1.165, 1.54) is 11.3 Å². The highest BCUT2D eigenvalue weighted by Crippen LogP contribution is 2.31. The van der Waals surface area contributed by atoms with Crippen molar-refractivity contribution in [2.24, 2.45) is 5.41 Å². The third-order valence-electron chi connectivity index (χ3n) is 2.52. The number of nitrogens with two attached hydrogens (primary N) is 1. The lowest BCUT2D eigenvalue weighted by atomic mass is 9.88. The van der Waals surface area contributed by atoms with Crippen LogP contribution in [0.4, 0.5) is 10.1 Å². The summed E-state index contributed by atoms with van der Waals surface area (Å²) in [5.74, 6) is 0. The van der Waals surface area contributed by atoms with E-state index < -0.39 is 0 Å². The second-order valence-electron chi connectivity index (χ2n) is 4.27. The number of nitrogens with one attached hydrogen (secondary N) is 1. The number of hydrogen-bond acceptors (Lipinski definition) is 5. The van der Waals surface area contributed by atoms with Crippen LogP contribution in [0.5, 0.6) is 0 Å². The lowest BCUT2D eigenvalue weighted by Gasteiger charge is -2.24. The smallest absolute Gasteiger partial charge is 0.184 e. The van der Waals surface area contributed by atoms with E-state index in [-0.39, 0.29) is 5.41 Å². The Morgan fingerprint density at radius 2 is 2.50 bits per heavy atom. The van der Waals surface area contributed by atoms with Crippen molar-refractivity contribution in [1.29, 1.82) is 0 Å². The normalized spacial score (nSPS) is 25.1. The summed E-state index contributed by atoms with van der Waals surface area (Å²) < 4.78 is 5.43. The first kappa shape index (κ1) is 9.73. The van der Waals surface area contributed by atoms with Crippen molar-refractivity contribution < 1.29 is 4.74 Å². The molecule has 0 amide bonds. The first-order chi connectivity index (χ1) is 6.58. The molecule has 1 saturated heterocycles. The van der Waals surface area contributed by atoms with Gasteiger partial charge in [-0.15, -0.1) is 0 Å². The molecule has 0 aromatic carbocycles. The zero-order valence-electron chi connectivity index (χ0n) is 8.41. The average molecular weight is 213 g/mol. The topological polar surface area (TPSA) is 60.2 Å². The molecule has 1 aliphatic rings. The molecule has 0 bridgehead atoms. The molecule has 1 aromatic rings. The number of nitrogens with zero attached hydrogens (tertiary/aromatic N) is 1. The molecule has 0 saturated carbocycles. The second kappa shape index (κ2) is 3.40. The fourth-order valence-corrected chi connectivity index (χ4v) is 2.14. The summed E-state index contributed by atoms with van der Waals surface area (Å²) in [6, 6.07) is 0.327. The lowest BCUT2D eigenvalue weighted by Crippen LogP contribution is -2.34. The van der Waals surface area contributed by atoms with Crippen molar-refractivity contribution in [1.82, 2.24) is 4.98 Å². The van der Waals surface area contributed by atoms with Crippen LogP contribution in [0.15, 0.2) is 6.20 Å². The van der Waals surface area contributed by atoms with Crippen LogP contribution < -0.4 is 11.1 Å². The Kier molecular flexibility index (Phi) is 2.36. The van der Waals surface area contributed by atoms with Gasteiger partial charge in [-0.25, -0.2) is 4.98 Å². The van der Waals surface area contributed by atoms with Crippen molar-refractivity contribution in [2.45, 2.75) is 19.9 Å². The van der Waals surface area contributed by atoms with Crippen LogP contribution in [-0.4, -0.2) is 24.2 Å². The largest absolute Gasteiger partial charge is 0.389 e. The molecule has 1 unspecified atom stereocenters.